The summed E-state index contributed by atoms with van der Waals surface area (Å²) in [4.78, 5) is 0.950. The lowest BCUT2D eigenvalue weighted by atomic mass is 10.1. The summed E-state index contributed by atoms with van der Waals surface area (Å²) in [5.74, 6) is 0. The van der Waals surface area contributed by atoms with Gasteiger partial charge in [0, 0.05) is 4.90 Å². The van der Waals surface area contributed by atoms with Crippen LogP contribution in [0.1, 0.15) is 11.1 Å². The molecule has 0 saturated carbocycles. The molecule has 0 unspecified atom stereocenters. The van der Waals surface area contributed by atoms with Gasteiger partial charge in [-0.05, 0) is 24.5 Å². The third-order valence-corrected chi connectivity index (χ3v) is 2.11. The Kier molecular flexibility index (Phi) is 2.74. The van der Waals surface area contributed by atoms with Crippen LogP contribution in [0.2, 0.25) is 0 Å². The van der Waals surface area contributed by atoms with Gasteiger partial charge in [-0.15, -0.1) is 11.8 Å². The lowest BCUT2D eigenvalue weighted by Gasteiger charge is -1.96. The van der Waals surface area contributed by atoms with E-state index >= 15 is 0 Å². The summed E-state index contributed by atoms with van der Waals surface area (Å²) in [5, 5.41) is 17.2. The number of nitrogens with zero attached hydrogens (tertiary/aromatic N) is 2. The molecule has 0 aliphatic carbocycles. The van der Waals surface area contributed by atoms with Crippen LogP contribution in [0.15, 0.2) is 23.1 Å². The molecule has 0 aliphatic rings. The lowest BCUT2D eigenvalue weighted by molar-refractivity contribution is 1.37. The molecule has 0 saturated heterocycles. The van der Waals surface area contributed by atoms with Crippen LogP contribution in [0.5, 0.6) is 0 Å². The Hall–Kier alpha value is -1.45. The van der Waals surface area contributed by atoms with Gasteiger partial charge in [0.05, 0.1) is 23.3 Å². The van der Waals surface area contributed by atoms with Crippen molar-refractivity contribution in [2.24, 2.45) is 0 Å². The summed E-state index contributed by atoms with van der Waals surface area (Å²) in [5.41, 5.74) is 1.08. The zero-order valence-electron chi connectivity index (χ0n) is 6.53. The van der Waals surface area contributed by atoms with Gasteiger partial charge in [0.2, 0.25) is 0 Å². The van der Waals surface area contributed by atoms with E-state index in [9.17, 15) is 0 Å². The first kappa shape index (κ1) is 8.64. The first-order valence-corrected chi connectivity index (χ1v) is 4.52. The van der Waals surface area contributed by atoms with Gasteiger partial charge in [0.1, 0.15) is 0 Å². The number of benzene rings is 1. The summed E-state index contributed by atoms with van der Waals surface area (Å²) in [6, 6.07) is 9.15. The van der Waals surface area contributed by atoms with E-state index in [2.05, 4.69) is 0 Å². The monoisotopic (exact) mass is 174 g/mol. The van der Waals surface area contributed by atoms with E-state index in [-0.39, 0.29) is 0 Å². The SMILES string of the molecule is CSc1cc(C#N)cc(C#N)c1. The van der Waals surface area contributed by atoms with Gasteiger partial charge in [0.15, 0.2) is 0 Å². The zero-order valence-corrected chi connectivity index (χ0v) is 7.35. The second-order valence-electron chi connectivity index (χ2n) is 2.17. The third kappa shape index (κ3) is 1.78. The van der Waals surface area contributed by atoms with Crippen LogP contribution in [0.4, 0.5) is 0 Å². The normalized spacial score (nSPS) is 8.58. The van der Waals surface area contributed by atoms with Crippen molar-refractivity contribution in [1.82, 2.24) is 0 Å². The van der Waals surface area contributed by atoms with Crippen molar-refractivity contribution in [1.29, 1.82) is 10.5 Å². The van der Waals surface area contributed by atoms with Crippen molar-refractivity contribution in [2.75, 3.05) is 6.26 Å². The Morgan fingerprint density at radius 1 is 1.08 bits per heavy atom. The topological polar surface area (TPSA) is 47.6 Å². The molecule has 1 aromatic carbocycles. The third-order valence-electron chi connectivity index (χ3n) is 1.40. The Labute approximate surface area is 75.4 Å². The number of rotatable bonds is 1. The molecule has 58 valence electrons. The minimum Gasteiger partial charge on any atom is -0.192 e. The minimum atomic E-state index is 0.540. The van der Waals surface area contributed by atoms with Crippen molar-refractivity contribution in [3.63, 3.8) is 0 Å². The van der Waals surface area contributed by atoms with E-state index in [0.717, 1.165) is 4.90 Å². The number of nitriles is 2. The standard InChI is InChI=1S/C9H6N2S/c1-12-9-3-7(5-10)2-8(4-9)6-11/h2-4H,1H3. The molecule has 1 rings (SSSR count). The molecule has 0 atom stereocenters. The van der Waals surface area contributed by atoms with Crippen molar-refractivity contribution in [2.45, 2.75) is 4.90 Å². The number of hydrogen-bond acceptors (Lipinski definition) is 3. The van der Waals surface area contributed by atoms with Gasteiger partial charge >= 0.3 is 0 Å². The highest BCUT2D eigenvalue weighted by Crippen LogP contribution is 2.17. The molecule has 3 heteroatoms. The average Bonchev–Trinajstić information content (AvgIpc) is 2.16. The Morgan fingerprint density at radius 2 is 1.58 bits per heavy atom. The van der Waals surface area contributed by atoms with E-state index in [1.807, 2.05) is 18.4 Å². The number of hydrogen-bond donors (Lipinski definition) is 0. The highest BCUT2D eigenvalue weighted by Gasteiger charge is 1.98. The van der Waals surface area contributed by atoms with Crippen LogP contribution in [-0.4, -0.2) is 6.26 Å². The largest absolute Gasteiger partial charge is 0.192 e. The van der Waals surface area contributed by atoms with Gasteiger partial charge in [-0.3, -0.25) is 0 Å². The maximum Gasteiger partial charge on any atom is 0.0992 e. The van der Waals surface area contributed by atoms with E-state index in [4.69, 9.17) is 10.5 Å². The molecular weight excluding hydrogens is 168 g/mol. The maximum atomic E-state index is 8.61. The predicted octanol–water partition coefficient (Wildman–Crippen LogP) is 2.15. The minimum absolute atomic E-state index is 0.540. The van der Waals surface area contributed by atoms with Crippen LogP contribution in [0.25, 0.3) is 0 Å². The molecule has 0 fully saturated rings. The fourth-order valence-electron chi connectivity index (χ4n) is 0.846. The number of thioether (sulfide) groups is 1. The molecule has 2 nitrogen and oxygen atoms in total. The summed E-state index contributed by atoms with van der Waals surface area (Å²) in [7, 11) is 0. The summed E-state index contributed by atoms with van der Waals surface area (Å²) in [6.07, 6.45) is 1.91. The first-order valence-electron chi connectivity index (χ1n) is 3.29. The molecule has 0 heterocycles. The van der Waals surface area contributed by atoms with E-state index in [1.54, 1.807) is 18.2 Å². The second kappa shape index (κ2) is 3.80. The Morgan fingerprint density at radius 3 is 1.92 bits per heavy atom. The molecule has 0 N–H and O–H groups in total. The fraction of sp³-hybridized carbons (Fsp3) is 0.111. The first-order chi connectivity index (χ1) is 5.80. The Bertz CT molecular complexity index is 339. The average molecular weight is 174 g/mol. The van der Waals surface area contributed by atoms with Crippen molar-refractivity contribution < 1.29 is 0 Å². The molecule has 0 aliphatic heterocycles. The molecular formula is C9H6N2S. The van der Waals surface area contributed by atoms with Crippen molar-refractivity contribution >= 4 is 11.8 Å². The Balaban J connectivity index is 3.24. The van der Waals surface area contributed by atoms with Crippen molar-refractivity contribution in [3.05, 3.63) is 29.3 Å². The summed E-state index contributed by atoms with van der Waals surface area (Å²) < 4.78 is 0. The second-order valence-corrected chi connectivity index (χ2v) is 3.05. The fourth-order valence-corrected chi connectivity index (χ4v) is 1.34. The van der Waals surface area contributed by atoms with E-state index in [0.29, 0.717) is 11.1 Å². The molecule has 0 amide bonds. The van der Waals surface area contributed by atoms with Crippen LogP contribution in [0, 0.1) is 22.7 Å². The molecule has 0 aromatic heterocycles. The highest BCUT2D eigenvalue weighted by atomic mass is 32.2. The van der Waals surface area contributed by atoms with Gasteiger partial charge in [0.25, 0.3) is 0 Å². The summed E-state index contributed by atoms with van der Waals surface area (Å²) >= 11 is 1.53. The van der Waals surface area contributed by atoms with E-state index in [1.165, 1.54) is 11.8 Å². The molecule has 0 bridgehead atoms. The van der Waals surface area contributed by atoms with Crippen LogP contribution >= 0.6 is 11.8 Å². The molecule has 0 spiro atoms. The van der Waals surface area contributed by atoms with Crippen LogP contribution in [-0.2, 0) is 0 Å². The molecule has 0 radical (unpaired) electrons. The van der Waals surface area contributed by atoms with Gasteiger partial charge in [-0.2, -0.15) is 10.5 Å². The van der Waals surface area contributed by atoms with Crippen molar-refractivity contribution in [3.8, 4) is 12.1 Å². The van der Waals surface area contributed by atoms with Crippen LogP contribution < -0.4 is 0 Å². The van der Waals surface area contributed by atoms with Gasteiger partial charge in [-0.1, -0.05) is 0 Å². The van der Waals surface area contributed by atoms with Gasteiger partial charge in [-0.25, -0.2) is 0 Å². The van der Waals surface area contributed by atoms with Crippen LogP contribution in [0.3, 0.4) is 0 Å². The predicted molar refractivity (Wildman–Crippen MR) is 47.7 cm³/mol. The smallest absolute Gasteiger partial charge is 0.0992 e. The zero-order chi connectivity index (χ0) is 8.97. The van der Waals surface area contributed by atoms with Gasteiger partial charge < -0.3 is 0 Å². The molecule has 1 aromatic rings. The maximum absolute atomic E-state index is 8.61. The lowest BCUT2D eigenvalue weighted by Crippen LogP contribution is -1.80. The summed E-state index contributed by atoms with van der Waals surface area (Å²) in [6.45, 7) is 0. The molecule has 12 heavy (non-hydrogen) atoms. The van der Waals surface area contributed by atoms with E-state index < -0.39 is 0 Å². The quantitative estimate of drug-likeness (QED) is 0.613. The highest BCUT2D eigenvalue weighted by molar-refractivity contribution is 7.98.